The van der Waals surface area contributed by atoms with Gasteiger partial charge in [0.1, 0.15) is 0 Å². The average Bonchev–Trinajstić information content (AvgIpc) is 2.68. The van der Waals surface area contributed by atoms with Gasteiger partial charge in [0, 0.05) is 24.6 Å². The second-order valence-electron chi connectivity index (χ2n) is 5.75. The van der Waals surface area contributed by atoms with E-state index in [-0.39, 0.29) is 5.91 Å². The molecule has 0 bridgehead atoms. The van der Waals surface area contributed by atoms with Crippen LogP contribution in [0.1, 0.15) is 16.7 Å². The van der Waals surface area contributed by atoms with Crippen molar-refractivity contribution >= 4 is 5.91 Å². The Morgan fingerprint density at radius 3 is 1.60 bits per heavy atom. The zero-order valence-electron chi connectivity index (χ0n) is 13.9. The molecule has 122 valence electrons. The van der Waals surface area contributed by atoms with E-state index in [4.69, 9.17) is 0 Å². The van der Waals surface area contributed by atoms with Crippen molar-refractivity contribution in [3.05, 3.63) is 108 Å². The van der Waals surface area contributed by atoms with Gasteiger partial charge in [-0.15, -0.1) is 0 Å². The first-order valence-corrected chi connectivity index (χ1v) is 8.25. The maximum absolute atomic E-state index is 12.7. The summed E-state index contributed by atoms with van der Waals surface area (Å²) in [6, 6.07) is 29.5. The lowest BCUT2D eigenvalue weighted by atomic mass is 10.1. The van der Waals surface area contributed by atoms with Crippen LogP contribution in [0.2, 0.25) is 0 Å². The minimum Gasteiger partial charge on any atom is -0.323 e. The van der Waals surface area contributed by atoms with E-state index >= 15 is 0 Å². The summed E-state index contributed by atoms with van der Waals surface area (Å²) in [5.41, 5.74) is 3.02. The van der Waals surface area contributed by atoms with Crippen LogP contribution in [0.5, 0.6) is 0 Å². The fraction of sp³-hybridized carbons (Fsp3) is 0.0870. The van der Waals surface area contributed by atoms with Gasteiger partial charge in [0.25, 0.3) is 5.91 Å². The number of rotatable bonds is 4. The van der Waals surface area contributed by atoms with Crippen molar-refractivity contribution in [1.82, 2.24) is 4.90 Å². The number of carbonyl (C=O) groups excluding carboxylic acids is 1. The molecular formula is C23H19NO. The van der Waals surface area contributed by atoms with Gasteiger partial charge in [0.15, 0.2) is 0 Å². The summed E-state index contributed by atoms with van der Waals surface area (Å²) in [5, 5.41) is 0. The minimum absolute atomic E-state index is 0.170. The highest BCUT2D eigenvalue weighted by molar-refractivity contribution is 5.94. The van der Waals surface area contributed by atoms with Gasteiger partial charge in [0.05, 0.1) is 0 Å². The molecule has 0 radical (unpaired) electrons. The Morgan fingerprint density at radius 2 is 1.12 bits per heavy atom. The first-order chi connectivity index (χ1) is 12.3. The molecule has 0 aliphatic carbocycles. The van der Waals surface area contributed by atoms with Crippen molar-refractivity contribution < 1.29 is 4.79 Å². The smallest absolute Gasteiger partial charge is 0.299 e. The van der Waals surface area contributed by atoms with E-state index in [1.54, 1.807) is 4.90 Å². The molecule has 3 rings (SSSR count). The summed E-state index contributed by atoms with van der Waals surface area (Å²) in [4.78, 5) is 14.5. The fourth-order valence-corrected chi connectivity index (χ4v) is 2.53. The van der Waals surface area contributed by atoms with Crippen LogP contribution in [0.4, 0.5) is 0 Å². The molecule has 0 spiro atoms. The van der Waals surface area contributed by atoms with Gasteiger partial charge in [-0.2, -0.15) is 0 Å². The number of hydrogen-bond donors (Lipinski definition) is 0. The first-order valence-electron chi connectivity index (χ1n) is 8.25. The number of amides is 1. The maximum atomic E-state index is 12.7. The maximum Gasteiger partial charge on any atom is 0.299 e. The second kappa shape index (κ2) is 8.52. The lowest BCUT2D eigenvalue weighted by Crippen LogP contribution is -2.28. The third-order valence-corrected chi connectivity index (χ3v) is 3.81. The molecule has 0 atom stereocenters. The second-order valence-corrected chi connectivity index (χ2v) is 5.75. The minimum atomic E-state index is -0.170. The standard InChI is InChI=1S/C23H19NO/c25-23(17-16-20-10-4-1-5-11-20)24(18-21-12-6-2-7-13-21)19-22-14-8-3-9-15-22/h1-15H,18-19H2. The highest BCUT2D eigenvalue weighted by atomic mass is 16.2. The Hall–Kier alpha value is -3.31. The third kappa shape index (κ3) is 5.09. The van der Waals surface area contributed by atoms with Crippen molar-refractivity contribution in [3.8, 4) is 11.8 Å². The van der Waals surface area contributed by atoms with Gasteiger partial charge in [-0.1, -0.05) is 84.8 Å². The summed E-state index contributed by atoms with van der Waals surface area (Å²) in [7, 11) is 0. The largest absolute Gasteiger partial charge is 0.323 e. The molecule has 0 fully saturated rings. The monoisotopic (exact) mass is 325 g/mol. The molecule has 0 aliphatic heterocycles. The normalized spacial score (nSPS) is 9.76. The topological polar surface area (TPSA) is 20.3 Å². The molecule has 0 N–H and O–H groups in total. The van der Waals surface area contributed by atoms with Crippen LogP contribution in [0.15, 0.2) is 91.0 Å². The van der Waals surface area contributed by atoms with Crippen molar-refractivity contribution in [2.75, 3.05) is 0 Å². The fourth-order valence-electron chi connectivity index (χ4n) is 2.53. The Bertz CT molecular complexity index is 820. The van der Waals surface area contributed by atoms with Gasteiger partial charge in [-0.05, 0) is 23.3 Å². The van der Waals surface area contributed by atoms with E-state index < -0.39 is 0 Å². The summed E-state index contributed by atoms with van der Waals surface area (Å²) in [6.07, 6.45) is 0. The Kier molecular flexibility index (Phi) is 5.64. The molecule has 2 nitrogen and oxygen atoms in total. The molecule has 0 aliphatic rings. The number of benzene rings is 3. The van der Waals surface area contributed by atoms with Gasteiger partial charge in [0.2, 0.25) is 0 Å². The van der Waals surface area contributed by atoms with E-state index in [0.29, 0.717) is 13.1 Å². The third-order valence-electron chi connectivity index (χ3n) is 3.81. The molecule has 0 unspecified atom stereocenters. The van der Waals surface area contributed by atoms with Crippen LogP contribution in [0.25, 0.3) is 0 Å². The predicted molar refractivity (Wildman–Crippen MR) is 100 cm³/mol. The molecule has 0 aromatic heterocycles. The highest BCUT2D eigenvalue weighted by Crippen LogP contribution is 2.10. The van der Waals surface area contributed by atoms with E-state index in [0.717, 1.165) is 16.7 Å². The molecule has 2 heteroatoms. The van der Waals surface area contributed by atoms with Gasteiger partial charge in [-0.3, -0.25) is 4.79 Å². The van der Waals surface area contributed by atoms with E-state index in [2.05, 4.69) is 11.8 Å². The molecule has 0 saturated heterocycles. The van der Waals surface area contributed by atoms with Crippen molar-refractivity contribution in [2.45, 2.75) is 13.1 Å². The first kappa shape index (κ1) is 16.5. The molecule has 1 amide bonds. The van der Waals surface area contributed by atoms with Gasteiger partial charge < -0.3 is 4.90 Å². The molecule has 0 heterocycles. The summed E-state index contributed by atoms with van der Waals surface area (Å²) >= 11 is 0. The van der Waals surface area contributed by atoms with Crippen molar-refractivity contribution in [3.63, 3.8) is 0 Å². The zero-order valence-corrected chi connectivity index (χ0v) is 13.9. The molecule has 3 aromatic carbocycles. The van der Waals surface area contributed by atoms with Crippen LogP contribution in [0, 0.1) is 11.8 Å². The number of carbonyl (C=O) groups is 1. The van der Waals surface area contributed by atoms with Crippen LogP contribution in [-0.2, 0) is 17.9 Å². The highest BCUT2D eigenvalue weighted by Gasteiger charge is 2.12. The average molecular weight is 325 g/mol. The van der Waals surface area contributed by atoms with Crippen LogP contribution in [-0.4, -0.2) is 10.8 Å². The van der Waals surface area contributed by atoms with Crippen molar-refractivity contribution in [2.24, 2.45) is 0 Å². The van der Waals surface area contributed by atoms with E-state index in [9.17, 15) is 4.79 Å². The lowest BCUT2D eigenvalue weighted by molar-refractivity contribution is -0.126. The molecular weight excluding hydrogens is 306 g/mol. The molecule has 25 heavy (non-hydrogen) atoms. The summed E-state index contributed by atoms with van der Waals surface area (Å²) in [5.74, 6) is 5.56. The van der Waals surface area contributed by atoms with Crippen LogP contribution in [0.3, 0.4) is 0 Å². The van der Waals surface area contributed by atoms with Crippen LogP contribution >= 0.6 is 0 Å². The van der Waals surface area contributed by atoms with Crippen molar-refractivity contribution in [1.29, 1.82) is 0 Å². The number of hydrogen-bond acceptors (Lipinski definition) is 1. The van der Waals surface area contributed by atoms with Gasteiger partial charge >= 0.3 is 0 Å². The van der Waals surface area contributed by atoms with Gasteiger partial charge in [-0.25, -0.2) is 0 Å². The Morgan fingerprint density at radius 1 is 0.680 bits per heavy atom. The van der Waals surface area contributed by atoms with Crippen LogP contribution < -0.4 is 0 Å². The summed E-state index contributed by atoms with van der Waals surface area (Å²) in [6.45, 7) is 1.08. The lowest BCUT2D eigenvalue weighted by Gasteiger charge is -2.20. The van der Waals surface area contributed by atoms with E-state index in [1.165, 1.54) is 0 Å². The van der Waals surface area contributed by atoms with E-state index in [1.807, 2.05) is 91.0 Å². The Labute approximate surface area is 148 Å². The Balaban J connectivity index is 1.80. The SMILES string of the molecule is O=C(C#Cc1ccccc1)N(Cc1ccccc1)Cc1ccccc1. The predicted octanol–water partition coefficient (Wildman–Crippen LogP) is 4.27. The molecule has 0 saturated carbocycles. The molecule has 3 aromatic rings. The quantitative estimate of drug-likeness (QED) is 0.656. The summed E-state index contributed by atoms with van der Waals surface area (Å²) < 4.78 is 0. The zero-order chi connectivity index (χ0) is 17.3. The number of nitrogens with zero attached hydrogens (tertiary/aromatic N) is 1.